The van der Waals surface area contributed by atoms with Crippen LogP contribution >= 0.6 is 23.2 Å². The number of fused-ring (bicyclic) bond motifs is 1. The van der Waals surface area contributed by atoms with E-state index in [0.29, 0.717) is 16.5 Å². The number of hydrogen-bond acceptors (Lipinski definition) is 3. The van der Waals surface area contributed by atoms with E-state index in [-0.39, 0.29) is 19.1 Å². The normalized spacial score (nSPS) is 14.4. The molecule has 0 aromatic heterocycles. The van der Waals surface area contributed by atoms with E-state index in [9.17, 15) is 9.59 Å². The third-order valence-corrected chi connectivity index (χ3v) is 2.50. The highest BCUT2D eigenvalue weighted by Gasteiger charge is 2.26. The Morgan fingerprint density at radius 2 is 2.25 bits per heavy atom. The van der Waals surface area contributed by atoms with E-state index in [4.69, 9.17) is 27.9 Å². The Morgan fingerprint density at radius 3 is 2.94 bits per heavy atom. The summed E-state index contributed by atoms with van der Waals surface area (Å²) in [6.07, 6.45) is 0. The average molecular weight is 260 g/mol. The minimum Gasteiger partial charge on any atom is -0.482 e. The third-order valence-electron chi connectivity index (χ3n) is 2.15. The van der Waals surface area contributed by atoms with Crippen LogP contribution in [0.3, 0.4) is 0 Å². The average Bonchev–Trinajstić information content (AvgIpc) is 2.22. The van der Waals surface area contributed by atoms with Crippen molar-refractivity contribution in [3.63, 3.8) is 0 Å². The van der Waals surface area contributed by atoms with Gasteiger partial charge in [-0.25, -0.2) is 0 Å². The van der Waals surface area contributed by atoms with Crippen LogP contribution in [0.25, 0.3) is 0 Å². The number of ether oxygens (including phenoxy) is 1. The van der Waals surface area contributed by atoms with E-state index in [1.165, 1.54) is 4.90 Å². The molecule has 0 radical (unpaired) electrons. The summed E-state index contributed by atoms with van der Waals surface area (Å²) in [5, 5.41) is -0.148. The van der Waals surface area contributed by atoms with Crippen molar-refractivity contribution in [2.75, 3.05) is 18.1 Å². The summed E-state index contributed by atoms with van der Waals surface area (Å²) in [7, 11) is 0. The van der Waals surface area contributed by atoms with Gasteiger partial charge in [-0.15, -0.1) is 0 Å². The van der Waals surface area contributed by atoms with Gasteiger partial charge in [0.1, 0.15) is 12.3 Å². The molecule has 0 aliphatic carbocycles. The van der Waals surface area contributed by atoms with Crippen molar-refractivity contribution >= 4 is 40.0 Å². The molecule has 0 fully saturated rings. The Hall–Kier alpha value is -1.26. The number of halogens is 2. The molecule has 0 saturated carbocycles. The zero-order chi connectivity index (χ0) is 11.7. The SMILES string of the molecule is O=C(Cl)CN1C(=O)COc2ccc(Cl)cc21. The number of hydrogen-bond donors (Lipinski definition) is 0. The summed E-state index contributed by atoms with van der Waals surface area (Å²) in [6.45, 7) is -0.282. The van der Waals surface area contributed by atoms with Crippen LogP contribution in [0.15, 0.2) is 18.2 Å². The van der Waals surface area contributed by atoms with E-state index in [1.54, 1.807) is 18.2 Å². The third kappa shape index (κ3) is 2.13. The van der Waals surface area contributed by atoms with Gasteiger partial charge in [-0.1, -0.05) is 11.6 Å². The highest BCUT2D eigenvalue weighted by molar-refractivity contribution is 6.64. The fraction of sp³-hybridized carbons (Fsp3) is 0.200. The van der Waals surface area contributed by atoms with Crippen molar-refractivity contribution in [2.24, 2.45) is 0 Å². The molecule has 1 heterocycles. The summed E-state index contributed by atoms with van der Waals surface area (Å²) in [5.41, 5.74) is 0.470. The second-order valence-electron chi connectivity index (χ2n) is 3.24. The number of rotatable bonds is 2. The van der Waals surface area contributed by atoms with Crippen molar-refractivity contribution in [3.8, 4) is 5.75 Å². The molecule has 0 spiro atoms. The van der Waals surface area contributed by atoms with Crippen LogP contribution in [0.2, 0.25) is 5.02 Å². The van der Waals surface area contributed by atoms with Crippen LogP contribution in [0.1, 0.15) is 0 Å². The first-order valence-electron chi connectivity index (χ1n) is 4.49. The smallest absolute Gasteiger partial charge is 0.265 e. The lowest BCUT2D eigenvalue weighted by atomic mass is 10.2. The van der Waals surface area contributed by atoms with Gasteiger partial charge in [-0.05, 0) is 29.8 Å². The number of carbonyl (C=O) groups is 2. The molecule has 4 nitrogen and oxygen atoms in total. The lowest BCUT2D eigenvalue weighted by Crippen LogP contribution is -2.41. The maximum atomic E-state index is 11.6. The van der Waals surface area contributed by atoms with Gasteiger partial charge in [0.2, 0.25) is 5.24 Å². The molecule has 2 rings (SSSR count). The maximum absolute atomic E-state index is 11.6. The quantitative estimate of drug-likeness (QED) is 0.762. The molecule has 0 N–H and O–H groups in total. The minimum atomic E-state index is -0.610. The topological polar surface area (TPSA) is 46.6 Å². The van der Waals surface area contributed by atoms with Crippen molar-refractivity contribution in [1.82, 2.24) is 0 Å². The molecule has 1 aliphatic heterocycles. The lowest BCUT2D eigenvalue weighted by Gasteiger charge is -2.28. The molecule has 1 aliphatic rings. The van der Waals surface area contributed by atoms with Crippen LogP contribution in [-0.2, 0) is 9.59 Å². The van der Waals surface area contributed by atoms with E-state index >= 15 is 0 Å². The van der Waals surface area contributed by atoms with Gasteiger partial charge in [-0.3, -0.25) is 14.5 Å². The summed E-state index contributed by atoms with van der Waals surface area (Å²) in [4.78, 5) is 23.7. The van der Waals surface area contributed by atoms with E-state index in [0.717, 1.165) is 0 Å². The molecule has 1 amide bonds. The monoisotopic (exact) mass is 259 g/mol. The molecular weight excluding hydrogens is 253 g/mol. The molecule has 1 aromatic carbocycles. The summed E-state index contributed by atoms with van der Waals surface area (Å²) < 4.78 is 5.20. The van der Waals surface area contributed by atoms with E-state index in [2.05, 4.69) is 0 Å². The Morgan fingerprint density at radius 1 is 1.50 bits per heavy atom. The first-order valence-corrected chi connectivity index (χ1v) is 5.24. The zero-order valence-corrected chi connectivity index (χ0v) is 9.59. The first-order chi connectivity index (χ1) is 7.58. The first kappa shape index (κ1) is 11.2. The van der Waals surface area contributed by atoms with Gasteiger partial charge in [0.05, 0.1) is 5.69 Å². The Labute approximate surface area is 102 Å². The molecule has 0 saturated heterocycles. The molecular formula is C10H7Cl2NO3. The summed E-state index contributed by atoms with van der Waals surface area (Å²) >= 11 is 11.1. The van der Waals surface area contributed by atoms with Crippen molar-refractivity contribution in [1.29, 1.82) is 0 Å². The molecule has 1 aromatic rings. The molecule has 84 valence electrons. The van der Waals surface area contributed by atoms with Gasteiger partial charge in [0, 0.05) is 5.02 Å². The molecule has 0 bridgehead atoms. The van der Waals surface area contributed by atoms with Crippen LogP contribution < -0.4 is 9.64 Å². The molecule has 6 heteroatoms. The number of anilines is 1. The fourth-order valence-electron chi connectivity index (χ4n) is 1.47. The van der Waals surface area contributed by atoms with Crippen molar-refractivity contribution < 1.29 is 14.3 Å². The van der Waals surface area contributed by atoms with Crippen LogP contribution in [-0.4, -0.2) is 24.3 Å². The van der Waals surface area contributed by atoms with Crippen LogP contribution in [0, 0.1) is 0 Å². The predicted octanol–water partition coefficient (Wildman–Crippen LogP) is 1.83. The fourth-order valence-corrected chi connectivity index (χ4v) is 1.76. The molecule has 0 unspecified atom stereocenters. The lowest BCUT2D eigenvalue weighted by molar-refractivity contribution is -0.122. The summed E-state index contributed by atoms with van der Waals surface area (Å²) in [5.74, 6) is 0.200. The summed E-state index contributed by atoms with van der Waals surface area (Å²) in [6, 6.07) is 4.86. The number of nitrogens with zero attached hydrogens (tertiary/aromatic N) is 1. The predicted molar refractivity (Wildman–Crippen MR) is 60.2 cm³/mol. The van der Waals surface area contributed by atoms with Gasteiger partial charge < -0.3 is 4.74 Å². The van der Waals surface area contributed by atoms with Gasteiger partial charge in [-0.2, -0.15) is 0 Å². The second kappa shape index (κ2) is 4.31. The van der Waals surface area contributed by atoms with Crippen molar-refractivity contribution in [2.45, 2.75) is 0 Å². The van der Waals surface area contributed by atoms with E-state index in [1.807, 2.05) is 0 Å². The van der Waals surface area contributed by atoms with Gasteiger partial charge in [0.25, 0.3) is 5.91 Å². The van der Waals surface area contributed by atoms with E-state index < -0.39 is 5.24 Å². The Kier molecular flexibility index (Phi) is 3.03. The van der Waals surface area contributed by atoms with Crippen LogP contribution in [0.5, 0.6) is 5.75 Å². The Balaban J connectivity index is 2.42. The standard InChI is InChI=1S/C10H7Cl2NO3/c11-6-1-2-8-7(3-6)13(4-9(12)14)10(15)5-16-8/h1-3H,4-5H2. The number of benzene rings is 1. The molecule has 16 heavy (non-hydrogen) atoms. The molecule has 0 atom stereocenters. The van der Waals surface area contributed by atoms with Gasteiger partial charge >= 0.3 is 0 Å². The van der Waals surface area contributed by atoms with Crippen LogP contribution in [0.4, 0.5) is 5.69 Å². The Bertz CT molecular complexity index is 461. The second-order valence-corrected chi connectivity index (χ2v) is 4.09. The van der Waals surface area contributed by atoms with Crippen molar-refractivity contribution in [3.05, 3.63) is 23.2 Å². The zero-order valence-electron chi connectivity index (χ0n) is 8.07. The minimum absolute atomic E-state index is 0.0984. The largest absolute Gasteiger partial charge is 0.482 e. The number of carbonyl (C=O) groups excluding carboxylic acids is 2. The highest BCUT2D eigenvalue weighted by atomic mass is 35.5. The van der Waals surface area contributed by atoms with Gasteiger partial charge in [0.15, 0.2) is 6.61 Å². The maximum Gasteiger partial charge on any atom is 0.265 e. The highest BCUT2D eigenvalue weighted by Crippen LogP contribution is 2.34. The number of amides is 1.